The molecule has 3 rings (SSSR count). The molecule has 1 atom stereocenters. The lowest BCUT2D eigenvalue weighted by Crippen LogP contribution is -2.56. The topological polar surface area (TPSA) is 80.3 Å². The van der Waals surface area contributed by atoms with Crippen molar-refractivity contribution in [1.29, 1.82) is 0 Å². The van der Waals surface area contributed by atoms with Crippen LogP contribution in [0.4, 0.5) is 11.5 Å². The zero-order valence-electron chi connectivity index (χ0n) is 12.5. The molecule has 0 saturated carbocycles. The summed E-state index contributed by atoms with van der Waals surface area (Å²) in [4.78, 5) is 29.0. The molecule has 2 aromatic rings. The molecule has 0 spiro atoms. The van der Waals surface area contributed by atoms with E-state index in [1.165, 1.54) is 6.92 Å². The van der Waals surface area contributed by atoms with Gasteiger partial charge in [-0.2, -0.15) is 0 Å². The van der Waals surface area contributed by atoms with Crippen LogP contribution in [0.5, 0.6) is 5.75 Å². The van der Waals surface area contributed by atoms with Gasteiger partial charge >= 0.3 is 0 Å². The molecule has 0 saturated heterocycles. The highest BCUT2D eigenvalue weighted by atomic mass is 35.5. The summed E-state index contributed by atoms with van der Waals surface area (Å²) in [6.07, 6.45) is 0. The number of rotatable bonds is 2. The molecule has 6 nitrogen and oxygen atoms in total. The lowest BCUT2D eigenvalue weighted by Gasteiger charge is -2.33. The van der Waals surface area contributed by atoms with Crippen LogP contribution in [0.15, 0.2) is 36.4 Å². The van der Waals surface area contributed by atoms with E-state index in [1.54, 1.807) is 43.3 Å². The number of hydrogen-bond donors (Lipinski definition) is 2. The number of anilines is 2. The predicted molar refractivity (Wildman–Crippen MR) is 86.7 cm³/mol. The third-order valence-corrected chi connectivity index (χ3v) is 3.74. The lowest BCUT2D eigenvalue weighted by atomic mass is 10.0. The maximum Gasteiger partial charge on any atom is 0.279 e. The fraction of sp³-hybridized carbons (Fsp3) is 0.188. The Hall–Kier alpha value is -2.60. The average molecular weight is 332 g/mol. The van der Waals surface area contributed by atoms with E-state index in [0.717, 1.165) is 5.69 Å². The van der Waals surface area contributed by atoms with E-state index >= 15 is 0 Å². The Kier molecular flexibility index (Phi) is 3.69. The Bertz CT molecular complexity index is 809. The molecule has 118 valence electrons. The molecule has 0 aliphatic carbocycles. The second-order valence-corrected chi connectivity index (χ2v) is 5.78. The SMILES string of the molecule is Cc1cccc(NC(=O)C2(C)Oc3ccc(Cl)cc3NC2=O)n1. The molecule has 2 amide bonds. The highest BCUT2D eigenvalue weighted by Gasteiger charge is 2.47. The van der Waals surface area contributed by atoms with E-state index in [4.69, 9.17) is 16.3 Å². The first-order valence-electron chi connectivity index (χ1n) is 6.93. The van der Waals surface area contributed by atoms with Crippen molar-refractivity contribution in [1.82, 2.24) is 4.98 Å². The van der Waals surface area contributed by atoms with E-state index in [-0.39, 0.29) is 0 Å². The van der Waals surface area contributed by atoms with Gasteiger partial charge in [-0.15, -0.1) is 0 Å². The molecular weight excluding hydrogens is 318 g/mol. The molecule has 23 heavy (non-hydrogen) atoms. The summed E-state index contributed by atoms with van der Waals surface area (Å²) < 4.78 is 5.64. The summed E-state index contributed by atoms with van der Waals surface area (Å²) in [6.45, 7) is 3.21. The molecule has 2 heterocycles. The van der Waals surface area contributed by atoms with Crippen LogP contribution in [0.25, 0.3) is 0 Å². The first kappa shape index (κ1) is 15.3. The summed E-state index contributed by atoms with van der Waals surface area (Å²) in [5.74, 6) is -0.440. The molecule has 0 fully saturated rings. The Morgan fingerprint density at radius 1 is 1.35 bits per heavy atom. The van der Waals surface area contributed by atoms with E-state index < -0.39 is 17.4 Å². The molecule has 1 aromatic heterocycles. The van der Waals surface area contributed by atoms with Crippen LogP contribution in [0.2, 0.25) is 5.02 Å². The van der Waals surface area contributed by atoms with Gasteiger partial charge in [0.2, 0.25) is 0 Å². The number of carbonyl (C=O) groups is 2. The van der Waals surface area contributed by atoms with E-state index in [9.17, 15) is 9.59 Å². The number of aromatic nitrogens is 1. The molecule has 1 unspecified atom stereocenters. The lowest BCUT2D eigenvalue weighted by molar-refractivity contribution is -0.143. The number of ether oxygens (including phenoxy) is 1. The third-order valence-electron chi connectivity index (χ3n) is 3.50. The summed E-state index contributed by atoms with van der Waals surface area (Å²) in [5.41, 5.74) is -0.518. The number of amides is 2. The largest absolute Gasteiger partial charge is 0.466 e. The Morgan fingerprint density at radius 2 is 2.13 bits per heavy atom. The first-order valence-corrected chi connectivity index (χ1v) is 7.31. The van der Waals surface area contributed by atoms with Crippen LogP contribution >= 0.6 is 11.6 Å². The number of nitrogens with zero attached hydrogens (tertiary/aromatic N) is 1. The molecule has 0 bridgehead atoms. The fourth-order valence-corrected chi connectivity index (χ4v) is 2.37. The molecule has 2 N–H and O–H groups in total. The van der Waals surface area contributed by atoms with Crippen molar-refractivity contribution in [2.24, 2.45) is 0 Å². The van der Waals surface area contributed by atoms with Crippen molar-refractivity contribution in [3.63, 3.8) is 0 Å². The predicted octanol–water partition coefficient (Wildman–Crippen LogP) is 2.77. The number of fused-ring (bicyclic) bond motifs is 1. The number of pyridine rings is 1. The van der Waals surface area contributed by atoms with Gasteiger partial charge in [0, 0.05) is 10.7 Å². The van der Waals surface area contributed by atoms with Crippen LogP contribution in [0, 0.1) is 6.92 Å². The zero-order chi connectivity index (χ0) is 16.6. The van der Waals surface area contributed by atoms with Crippen molar-refractivity contribution in [3.05, 3.63) is 47.1 Å². The van der Waals surface area contributed by atoms with Crippen molar-refractivity contribution in [3.8, 4) is 5.75 Å². The van der Waals surface area contributed by atoms with Gasteiger partial charge in [-0.05, 0) is 44.2 Å². The molecule has 1 aliphatic heterocycles. The van der Waals surface area contributed by atoms with Gasteiger partial charge in [0.25, 0.3) is 17.4 Å². The van der Waals surface area contributed by atoms with Gasteiger partial charge in [-0.1, -0.05) is 17.7 Å². The van der Waals surface area contributed by atoms with Gasteiger partial charge in [-0.3, -0.25) is 9.59 Å². The smallest absolute Gasteiger partial charge is 0.279 e. The van der Waals surface area contributed by atoms with Crippen molar-refractivity contribution in [2.75, 3.05) is 10.6 Å². The van der Waals surface area contributed by atoms with Crippen molar-refractivity contribution < 1.29 is 14.3 Å². The molecule has 1 aliphatic rings. The van der Waals surface area contributed by atoms with Gasteiger partial charge in [-0.25, -0.2) is 4.98 Å². The van der Waals surface area contributed by atoms with Crippen molar-refractivity contribution >= 4 is 34.9 Å². The number of carbonyl (C=O) groups excluding carboxylic acids is 2. The van der Waals surface area contributed by atoms with Crippen molar-refractivity contribution in [2.45, 2.75) is 19.4 Å². The van der Waals surface area contributed by atoms with Crippen LogP contribution in [0.1, 0.15) is 12.6 Å². The molecular formula is C16H14ClN3O3. The third kappa shape index (κ3) is 2.85. The summed E-state index contributed by atoms with van der Waals surface area (Å²) in [5, 5.41) is 5.71. The Balaban J connectivity index is 1.87. The van der Waals surface area contributed by atoms with E-state index in [1.807, 2.05) is 0 Å². The second kappa shape index (κ2) is 5.55. The van der Waals surface area contributed by atoms with Crippen LogP contribution in [-0.4, -0.2) is 22.4 Å². The van der Waals surface area contributed by atoms with E-state index in [2.05, 4.69) is 15.6 Å². The van der Waals surface area contributed by atoms with Crippen LogP contribution in [-0.2, 0) is 9.59 Å². The number of aryl methyl sites for hydroxylation is 1. The second-order valence-electron chi connectivity index (χ2n) is 5.35. The van der Waals surface area contributed by atoms with Gasteiger partial charge in [0.05, 0.1) is 5.69 Å². The summed E-state index contributed by atoms with van der Waals surface area (Å²) in [6, 6.07) is 10.0. The highest BCUT2D eigenvalue weighted by Crippen LogP contribution is 2.35. The minimum absolute atomic E-state index is 0.356. The molecule has 1 aromatic carbocycles. The maximum atomic E-state index is 12.5. The average Bonchev–Trinajstić information content (AvgIpc) is 2.49. The van der Waals surface area contributed by atoms with Gasteiger partial charge < -0.3 is 15.4 Å². The number of halogens is 1. The van der Waals surface area contributed by atoms with Gasteiger partial charge in [0.15, 0.2) is 0 Å². The Morgan fingerprint density at radius 3 is 2.87 bits per heavy atom. The first-order chi connectivity index (χ1) is 10.9. The zero-order valence-corrected chi connectivity index (χ0v) is 13.3. The monoisotopic (exact) mass is 331 g/mol. The normalized spacial score (nSPS) is 19.3. The Labute approximate surface area is 137 Å². The number of benzene rings is 1. The maximum absolute atomic E-state index is 12.5. The van der Waals surface area contributed by atoms with Crippen LogP contribution < -0.4 is 15.4 Å². The minimum atomic E-state index is -1.70. The summed E-state index contributed by atoms with van der Waals surface area (Å²) >= 11 is 5.89. The highest BCUT2D eigenvalue weighted by molar-refractivity contribution is 6.31. The number of nitrogens with one attached hydrogen (secondary N) is 2. The summed E-state index contributed by atoms with van der Waals surface area (Å²) in [7, 11) is 0. The van der Waals surface area contributed by atoms with Gasteiger partial charge in [0.1, 0.15) is 11.6 Å². The molecule has 0 radical (unpaired) electrons. The quantitative estimate of drug-likeness (QED) is 0.829. The van der Waals surface area contributed by atoms with Crippen LogP contribution in [0.3, 0.4) is 0 Å². The minimum Gasteiger partial charge on any atom is -0.466 e. The van der Waals surface area contributed by atoms with E-state index in [0.29, 0.717) is 22.3 Å². The molecule has 7 heteroatoms. The standard InChI is InChI=1S/C16H14ClN3O3/c1-9-4-3-5-13(18-9)20-15(22)16(2)14(21)19-11-8-10(17)6-7-12(11)23-16/h3-8H,1-2H3,(H,19,21)(H,18,20,22). The fourth-order valence-electron chi connectivity index (χ4n) is 2.19. The number of hydrogen-bond acceptors (Lipinski definition) is 4.